The van der Waals surface area contributed by atoms with Gasteiger partial charge in [0.05, 0.1) is 11.6 Å². The fraction of sp³-hybridized carbons (Fsp3) is 0.579. The van der Waals surface area contributed by atoms with E-state index in [1.165, 1.54) is 5.06 Å². The van der Waals surface area contributed by atoms with Gasteiger partial charge in [-0.05, 0) is 45.6 Å². The van der Waals surface area contributed by atoms with Crippen molar-refractivity contribution in [3.05, 3.63) is 35.9 Å². The van der Waals surface area contributed by atoms with Crippen molar-refractivity contribution < 1.29 is 14.4 Å². The molecule has 0 aliphatic carbocycles. The minimum atomic E-state index is -0.403. The second-order valence-corrected chi connectivity index (χ2v) is 7.44. The molecule has 2 amide bonds. The highest BCUT2D eigenvalue weighted by Crippen LogP contribution is 2.30. The van der Waals surface area contributed by atoms with Gasteiger partial charge < -0.3 is 4.90 Å². The van der Waals surface area contributed by atoms with E-state index in [0.717, 1.165) is 18.5 Å². The maximum Gasteiger partial charge on any atom is 0.233 e. The molecular weight excluding hydrogens is 304 g/mol. The first-order valence-electron chi connectivity index (χ1n) is 8.55. The summed E-state index contributed by atoms with van der Waals surface area (Å²) in [6.45, 7) is 9.03. The first-order chi connectivity index (χ1) is 11.3. The van der Waals surface area contributed by atoms with E-state index in [4.69, 9.17) is 4.84 Å². The largest absolute Gasteiger partial charge is 0.336 e. The van der Waals surface area contributed by atoms with Crippen molar-refractivity contribution in [3.8, 4) is 0 Å². The summed E-state index contributed by atoms with van der Waals surface area (Å²) in [7, 11) is 0. The minimum Gasteiger partial charge on any atom is -0.336 e. The first-order valence-corrected chi connectivity index (χ1v) is 8.55. The number of hydrogen-bond donors (Lipinski definition) is 0. The van der Waals surface area contributed by atoms with Gasteiger partial charge in [0.25, 0.3) is 0 Å². The number of likely N-dealkylation sites (tertiary alicyclic amines) is 1. The third kappa shape index (κ3) is 5.06. The lowest BCUT2D eigenvalue weighted by molar-refractivity contribution is -0.216. The molecule has 0 aromatic heterocycles. The van der Waals surface area contributed by atoms with Crippen LogP contribution in [0.15, 0.2) is 30.3 Å². The Kier molecular flexibility index (Phi) is 5.99. The van der Waals surface area contributed by atoms with Crippen LogP contribution in [0.2, 0.25) is 0 Å². The van der Waals surface area contributed by atoms with Gasteiger partial charge in [0.15, 0.2) is 0 Å². The van der Waals surface area contributed by atoms with Crippen LogP contribution >= 0.6 is 0 Å². The predicted octanol–water partition coefficient (Wildman–Crippen LogP) is 3.17. The SMILES string of the molecule is C[C@H](c1ccccc1)N1C[C@@H](CCN(C=O)OC(C)(C)C)CC1=O. The highest BCUT2D eigenvalue weighted by molar-refractivity contribution is 5.79. The number of carbonyl (C=O) groups is 2. The van der Waals surface area contributed by atoms with Crippen molar-refractivity contribution in [2.24, 2.45) is 5.92 Å². The van der Waals surface area contributed by atoms with Crippen LogP contribution in [0.4, 0.5) is 0 Å². The number of rotatable bonds is 7. The standard InChI is InChI=1S/C19H28N2O3/c1-15(17-8-6-5-7-9-17)21-13-16(12-18(21)23)10-11-20(14-22)24-19(2,3)4/h5-9,14-16H,10-13H2,1-4H3/t15-,16+/m1/s1. The zero-order valence-corrected chi connectivity index (χ0v) is 15.1. The van der Waals surface area contributed by atoms with E-state index in [0.29, 0.717) is 19.4 Å². The Bertz CT molecular complexity index is 553. The van der Waals surface area contributed by atoms with Crippen LogP contribution in [0.5, 0.6) is 0 Å². The number of hydroxylamine groups is 2. The molecular formula is C19H28N2O3. The van der Waals surface area contributed by atoms with E-state index in [-0.39, 0.29) is 17.9 Å². The maximum atomic E-state index is 12.4. The van der Waals surface area contributed by atoms with Gasteiger partial charge >= 0.3 is 0 Å². The summed E-state index contributed by atoms with van der Waals surface area (Å²) in [5.41, 5.74) is 0.748. The van der Waals surface area contributed by atoms with Crippen LogP contribution in [0.25, 0.3) is 0 Å². The monoisotopic (exact) mass is 332 g/mol. The molecule has 0 spiro atoms. The molecule has 1 heterocycles. The summed E-state index contributed by atoms with van der Waals surface area (Å²) in [4.78, 5) is 31.0. The average molecular weight is 332 g/mol. The molecule has 1 saturated heterocycles. The van der Waals surface area contributed by atoms with Crippen molar-refractivity contribution in [3.63, 3.8) is 0 Å². The number of hydrogen-bond acceptors (Lipinski definition) is 3. The zero-order valence-electron chi connectivity index (χ0n) is 15.1. The van der Waals surface area contributed by atoms with Gasteiger partial charge in [-0.3, -0.25) is 14.4 Å². The van der Waals surface area contributed by atoms with Gasteiger partial charge in [-0.15, -0.1) is 0 Å². The van der Waals surface area contributed by atoms with Crippen molar-refractivity contribution in [1.29, 1.82) is 0 Å². The molecule has 1 aliphatic heterocycles. The van der Waals surface area contributed by atoms with Crippen LogP contribution in [0.3, 0.4) is 0 Å². The normalized spacial score (nSPS) is 19.4. The summed E-state index contributed by atoms with van der Waals surface area (Å²) < 4.78 is 0. The molecule has 1 fully saturated rings. The smallest absolute Gasteiger partial charge is 0.233 e. The summed E-state index contributed by atoms with van der Waals surface area (Å²) >= 11 is 0. The number of benzene rings is 1. The summed E-state index contributed by atoms with van der Waals surface area (Å²) in [6, 6.07) is 10.2. The Morgan fingerprint density at radius 3 is 2.58 bits per heavy atom. The Morgan fingerprint density at radius 1 is 1.33 bits per heavy atom. The highest BCUT2D eigenvalue weighted by Gasteiger charge is 2.33. The van der Waals surface area contributed by atoms with E-state index in [1.807, 2.05) is 43.9 Å². The van der Waals surface area contributed by atoms with Crippen molar-refractivity contribution >= 4 is 12.3 Å². The predicted molar refractivity (Wildman–Crippen MR) is 92.9 cm³/mol. The quantitative estimate of drug-likeness (QED) is 0.569. The molecule has 0 saturated carbocycles. The average Bonchev–Trinajstić information content (AvgIpc) is 2.91. The lowest BCUT2D eigenvalue weighted by atomic mass is 10.0. The third-order valence-electron chi connectivity index (χ3n) is 4.25. The Morgan fingerprint density at radius 2 is 2.00 bits per heavy atom. The molecule has 0 bridgehead atoms. The van der Waals surface area contributed by atoms with Gasteiger partial charge in [0.2, 0.25) is 12.3 Å². The molecule has 132 valence electrons. The zero-order chi connectivity index (χ0) is 17.7. The van der Waals surface area contributed by atoms with Gasteiger partial charge in [0.1, 0.15) is 0 Å². The molecule has 0 radical (unpaired) electrons. The van der Waals surface area contributed by atoms with Gasteiger partial charge in [-0.2, -0.15) is 0 Å². The number of amides is 2. The van der Waals surface area contributed by atoms with Crippen molar-refractivity contribution in [2.45, 2.75) is 52.2 Å². The number of carbonyl (C=O) groups excluding carboxylic acids is 2. The minimum absolute atomic E-state index is 0.0803. The fourth-order valence-corrected chi connectivity index (χ4v) is 3.07. The summed E-state index contributed by atoms with van der Waals surface area (Å²) in [6.07, 6.45) is 2.02. The van der Waals surface area contributed by atoms with Gasteiger partial charge in [-0.1, -0.05) is 30.3 Å². The molecule has 1 aromatic rings. The van der Waals surface area contributed by atoms with Crippen molar-refractivity contribution in [1.82, 2.24) is 9.96 Å². The van der Waals surface area contributed by atoms with E-state index in [9.17, 15) is 9.59 Å². The van der Waals surface area contributed by atoms with Crippen molar-refractivity contribution in [2.75, 3.05) is 13.1 Å². The second kappa shape index (κ2) is 7.79. The molecule has 2 atom stereocenters. The van der Waals surface area contributed by atoms with Crippen LogP contribution in [-0.4, -0.2) is 41.0 Å². The van der Waals surface area contributed by atoms with Crippen LogP contribution in [0.1, 0.15) is 52.1 Å². The molecule has 1 aliphatic rings. The molecule has 0 N–H and O–H groups in total. The first kappa shape index (κ1) is 18.5. The lowest BCUT2D eigenvalue weighted by Crippen LogP contribution is -2.34. The molecule has 5 heteroatoms. The molecule has 0 unspecified atom stereocenters. The lowest BCUT2D eigenvalue weighted by Gasteiger charge is -2.28. The van der Waals surface area contributed by atoms with Crippen LogP contribution in [-0.2, 0) is 14.4 Å². The van der Waals surface area contributed by atoms with Crippen LogP contribution < -0.4 is 0 Å². The topological polar surface area (TPSA) is 49.9 Å². The van der Waals surface area contributed by atoms with E-state index < -0.39 is 5.60 Å². The molecule has 5 nitrogen and oxygen atoms in total. The molecule has 1 aromatic carbocycles. The van der Waals surface area contributed by atoms with Gasteiger partial charge in [-0.25, -0.2) is 5.06 Å². The van der Waals surface area contributed by atoms with E-state index in [1.54, 1.807) is 0 Å². The molecule has 24 heavy (non-hydrogen) atoms. The van der Waals surface area contributed by atoms with E-state index >= 15 is 0 Å². The highest BCUT2D eigenvalue weighted by atomic mass is 16.7. The fourth-order valence-electron chi connectivity index (χ4n) is 3.07. The summed E-state index contributed by atoms with van der Waals surface area (Å²) in [5, 5.41) is 1.34. The van der Waals surface area contributed by atoms with Crippen LogP contribution in [0, 0.1) is 5.92 Å². The number of nitrogens with zero attached hydrogens (tertiary/aromatic N) is 2. The second-order valence-electron chi connectivity index (χ2n) is 7.44. The maximum absolute atomic E-state index is 12.4. The van der Waals surface area contributed by atoms with Gasteiger partial charge in [0, 0.05) is 19.5 Å². The third-order valence-corrected chi connectivity index (χ3v) is 4.25. The summed E-state index contributed by atoms with van der Waals surface area (Å²) in [5.74, 6) is 0.445. The Labute approximate surface area is 144 Å². The Hall–Kier alpha value is -1.88. The molecule has 2 rings (SSSR count). The van der Waals surface area contributed by atoms with E-state index in [2.05, 4.69) is 19.1 Å². The Balaban J connectivity index is 1.89.